The molecule has 3 heterocycles. The zero-order chi connectivity index (χ0) is 24.1. The van der Waals surface area contributed by atoms with E-state index in [-0.39, 0.29) is 41.6 Å². The number of nitrogens with one attached hydrogen (secondary N) is 1. The summed E-state index contributed by atoms with van der Waals surface area (Å²) < 4.78 is 52.0. The number of hydrogen-bond donors (Lipinski definition) is 1. The van der Waals surface area contributed by atoms with E-state index in [1.54, 1.807) is 19.2 Å². The van der Waals surface area contributed by atoms with E-state index in [1.165, 1.54) is 6.07 Å². The van der Waals surface area contributed by atoms with Crippen LogP contribution in [0, 0.1) is 11.3 Å². The number of ether oxygens (including phenoxy) is 2. The number of carbonyl (C=O) groups excluding carboxylic acids is 1. The molecule has 8 heteroatoms. The van der Waals surface area contributed by atoms with Crippen molar-refractivity contribution in [1.82, 2.24) is 10.2 Å². The van der Waals surface area contributed by atoms with Crippen LogP contribution in [-0.4, -0.2) is 61.9 Å². The molecule has 3 aliphatic heterocycles. The summed E-state index contributed by atoms with van der Waals surface area (Å²) in [6, 6.07) is 6.15. The normalized spacial score (nSPS) is 36.1. The Labute approximate surface area is 198 Å². The minimum atomic E-state index is -4.40. The van der Waals surface area contributed by atoms with Crippen LogP contribution in [0.15, 0.2) is 30.3 Å². The van der Waals surface area contributed by atoms with Gasteiger partial charge >= 0.3 is 6.18 Å². The Kier molecular flexibility index (Phi) is 6.27. The highest BCUT2D eigenvalue weighted by Gasteiger charge is 2.60. The van der Waals surface area contributed by atoms with Crippen LogP contribution in [0.5, 0.6) is 0 Å². The van der Waals surface area contributed by atoms with Gasteiger partial charge in [0, 0.05) is 38.4 Å². The fourth-order valence-electron chi connectivity index (χ4n) is 6.79. The predicted molar refractivity (Wildman–Crippen MR) is 122 cm³/mol. The van der Waals surface area contributed by atoms with E-state index in [2.05, 4.69) is 12.2 Å². The molecule has 4 aliphatic rings. The van der Waals surface area contributed by atoms with Crippen LogP contribution in [0.4, 0.5) is 13.2 Å². The molecule has 5 nitrogen and oxygen atoms in total. The molecule has 3 fully saturated rings. The molecular weight excluding hydrogens is 445 g/mol. The van der Waals surface area contributed by atoms with Crippen molar-refractivity contribution in [2.75, 3.05) is 26.9 Å². The highest BCUT2D eigenvalue weighted by atomic mass is 19.4. The molecule has 1 N–H and O–H groups in total. The van der Waals surface area contributed by atoms with Gasteiger partial charge < -0.3 is 19.7 Å². The second-order valence-corrected chi connectivity index (χ2v) is 10.3. The van der Waals surface area contributed by atoms with Crippen LogP contribution in [0.3, 0.4) is 0 Å². The van der Waals surface area contributed by atoms with Crippen LogP contribution in [0.1, 0.15) is 50.2 Å². The third kappa shape index (κ3) is 3.97. The van der Waals surface area contributed by atoms with Gasteiger partial charge in [-0.05, 0) is 55.2 Å². The molecule has 0 aromatic heterocycles. The van der Waals surface area contributed by atoms with Crippen LogP contribution in [-0.2, 0) is 20.4 Å². The Hall–Kier alpha value is -1.90. The van der Waals surface area contributed by atoms with Gasteiger partial charge in [-0.2, -0.15) is 13.2 Å². The summed E-state index contributed by atoms with van der Waals surface area (Å²) in [6.45, 7) is 3.77. The number of carbonyl (C=O) groups is 1. The topological polar surface area (TPSA) is 50.8 Å². The molecule has 5 rings (SSSR count). The van der Waals surface area contributed by atoms with Gasteiger partial charge in [-0.15, -0.1) is 0 Å². The molecular formula is C26H33F3N2O3. The van der Waals surface area contributed by atoms with Crippen LogP contribution in [0.2, 0.25) is 0 Å². The second-order valence-electron chi connectivity index (χ2n) is 10.3. The van der Waals surface area contributed by atoms with E-state index in [1.807, 2.05) is 11.0 Å². The quantitative estimate of drug-likeness (QED) is 0.702. The van der Waals surface area contributed by atoms with Crippen molar-refractivity contribution < 1.29 is 27.4 Å². The van der Waals surface area contributed by atoms with Crippen molar-refractivity contribution in [3.05, 3.63) is 41.5 Å². The molecule has 1 amide bonds. The Morgan fingerprint density at radius 3 is 2.79 bits per heavy atom. The summed E-state index contributed by atoms with van der Waals surface area (Å²) in [6.07, 6.45) is 1.27. The van der Waals surface area contributed by atoms with Gasteiger partial charge in [0.05, 0.1) is 23.7 Å². The van der Waals surface area contributed by atoms with Gasteiger partial charge in [-0.25, -0.2) is 0 Å². The standard InChI is InChI=1S/C26H33F3N2O3/c1-16-22-13-17(19-5-3-4-6-20(19)26(27,28)29)8-11-31(22)24(32)25(16)10-7-18(14-25)30-21-9-12-34-15-23(21)33-2/h3-6,8,16,18,21-23,30H,7,9-15H2,1-2H3/t16?,18?,21?,22?,23?,25-/m0/s1. The number of hydrogen-bond acceptors (Lipinski definition) is 4. The van der Waals surface area contributed by atoms with E-state index in [0.717, 1.165) is 31.7 Å². The fourth-order valence-corrected chi connectivity index (χ4v) is 6.79. The minimum Gasteiger partial charge on any atom is -0.379 e. The highest BCUT2D eigenvalue weighted by molar-refractivity contribution is 5.88. The van der Waals surface area contributed by atoms with E-state index in [0.29, 0.717) is 31.8 Å². The maximum Gasteiger partial charge on any atom is 0.416 e. The van der Waals surface area contributed by atoms with Crippen molar-refractivity contribution >= 4 is 11.5 Å². The molecule has 1 aromatic carbocycles. The lowest BCUT2D eigenvalue weighted by Crippen LogP contribution is -2.51. The fraction of sp³-hybridized carbons (Fsp3) is 0.654. The first-order valence-electron chi connectivity index (χ1n) is 12.3. The van der Waals surface area contributed by atoms with E-state index in [9.17, 15) is 18.0 Å². The molecule has 1 spiro atoms. The summed E-state index contributed by atoms with van der Waals surface area (Å²) in [5.74, 6) is 0.255. The van der Waals surface area contributed by atoms with Crippen LogP contribution < -0.4 is 5.32 Å². The van der Waals surface area contributed by atoms with Gasteiger partial charge in [-0.3, -0.25) is 4.79 Å². The highest BCUT2D eigenvalue weighted by Crippen LogP contribution is 2.55. The van der Waals surface area contributed by atoms with E-state index < -0.39 is 17.2 Å². The number of rotatable bonds is 4. The summed E-state index contributed by atoms with van der Waals surface area (Å²) in [4.78, 5) is 15.6. The summed E-state index contributed by atoms with van der Waals surface area (Å²) in [5.41, 5.74) is -0.103. The van der Waals surface area contributed by atoms with E-state index in [4.69, 9.17) is 9.47 Å². The molecule has 34 heavy (non-hydrogen) atoms. The van der Waals surface area contributed by atoms with E-state index >= 15 is 0 Å². The van der Waals surface area contributed by atoms with Crippen LogP contribution in [0.25, 0.3) is 5.57 Å². The molecule has 1 aliphatic carbocycles. The lowest BCUT2D eigenvalue weighted by atomic mass is 9.73. The Morgan fingerprint density at radius 2 is 2.03 bits per heavy atom. The molecule has 0 radical (unpaired) electrons. The molecule has 6 atom stereocenters. The Balaban J connectivity index is 1.32. The van der Waals surface area contributed by atoms with Crippen molar-refractivity contribution in [2.45, 2.75) is 69.4 Å². The third-order valence-corrected chi connectivity index (χ3v) is 8.68. The van der Waals surface area contributed by atoms with Crippen molar-refractivity contribution in [3.8, 4) is 0 Å². The largest absolute Gasteiger partial charge is 0.416 e. The molecule has 0 bridgehead atoms. The second kappa shape index (κ2) is 8.95. The zero-order valence-corrected chi connectivity index (χ0v) is 19.7. The van der Waals surface area contributed by atoms with Gasteiger partial charge in [0.2, 0.25) is 5.91 Å². The SMILES string of the molecule is COC1COCCC1NC1CC[C@@]2(C1)C(=O)N1CC=C(c3ccccc3C(F)(F)F)CC1C2C. The number of alkyl halides is 3. The molecule has 1 saturated carbocycles. The number of fused-ring (bicyclic) bond motifs is 1. The smallest absolute Gasteiger partial charge is 0.379 e. The first-order valence-corrected chi connectivity index (χ1v) is 12.3. The lowest BCUT2D eigenvalue weighted by Gasteiger charge is -2.34. The summed E-state index contributed by atoms with van der Waals surface area (Å²) in [5, 5.41) is 3.74. The monoisotopic (exact) mass is 478 g/mol. The predicted octanol–water partition coefficient (Wildman–Crippen LogP) is 4.27. The van der Waals surface area contributed by atoms with Gasteiger partial charge in [-0.1, -0.05) is 31.2 Å². The minimum absolute atomic E-state index is 0.00814. The maximum atomic E-state index is 13.6. The number of amides is 1. The van der Waals surface area contributed by atoms with Crippen LogP contribution >= 0.6 is 0 Å². The molecule has 5 unspecified atom stereocenters. The summed E-state index contributed by atoms with van der Waals surface area (Å²) in [7, 11) is 1.70. The molecule has 186 valence electrons. The third-order valence-electron chi connectivity index (χ3n) is 8.68. The van der Waals surface area contributed by atoms with Crippen molar-refractivity contribution in [1.29, 1.82) is 0 Å². The zero-order valence-electron chi connectivity index (χ0n) is 19.7. The number of nitrogens with zero attached hydrogens (tertiary/aromatic N) is 1. The molecule has 2 saturated heterocycles. The van der Waals surface area contributed by atoms with Crippen molar-refractivity contribution in [3.63, 3.8) is 0 Å². The van der Waals surface area contributed by atoms with Gasteiger partial charge in [0.1, 0.15) is 0 Å². The first-order chi connectivity index (χ1) is 16.2. The van der Waals surface area contributed by atoms with Gasteiger partial charge in [0.15, 0.2) is 0 Å². The maximum absolute atomic E-state index is 13.6. The first kappa shape index (κ1) is 23.8. The number of benzene rings is 1. The average Bonchev–Trinajstić information content (AvgIpc) is 3.35. The number of halogens is 3. The molecule has 1 aromatic rings. The van der Waals surface area contributed by atoms with Gasteiger partial charge in [0.25, 0.3) is 0 Å². The average molecular weight is 479 g/mol. The Bertz CT molecular complexity index is 965. The lowest BCUT2D eigenvalue weighted by molar-refractivity contribution is -0.138. The summed E-state index contributed by atoms with van der Waals surface area (Å²) >= 11 is 0. The number of methoxy groups -OCH3 is 1. The van der Waals surface area contributed by atoms with Crippen molar-refractivity contribution in [2.24, 2.45) is 11.3 Å². The Morgan fingerprint density at radius 1 is 1.24 bits per heavy atom.